The fourth-order valence-corrected chi connectivity index (χ4v) is 6.34. The molecule has 4 aliphatic rings. The van der Waals surface area contributed by atoms with Crippen LogP contribution in [0.25, 0.3) is 0 Å². The van der Waals surface area contributed by atoms with Crippen molar-refractivity contribution >= 4 is 5.97 Å². The van der Waals surface area contributed by atoms with Crippen LogP contribution in [0.2, 0.25) is 0 Å². The van der Waals surface area contributed by atoms with Crippen LogP contribution in [0.3, 0.4) is 0 Å². The smallest absolute Gasteiger partial charge is 0.303 e. The van der Waals surface area contributed by atoms with E-state index >= 15 is 0 Å². The zero-order valence-corrected chi connectivity index (χ0v) is 11.1. The van der Waals surface area contributed by atoms with Crippen LogP contribution in [0.1, 0.15) is 65.2 Å². The first kappa shape index (κ1) is 11.6. The Morgan fingerprint density at radius 3 is 2.18 bits per heavy atom. The SMILES string of the molecule is CC12CC3CC(C)(C1)CC(CCC(=O)O)(C3)C2. The lowest BCUT2D eigenvalue weighted by Gasteiger charge is -2.65. The molecule has 0 aromatic carbocycles. The van der Waals surface area contributed by atoms with Crippen LogP contribution in [0.5, 0.6) is 0 Å². The Balaban J connectivity index is 1.84. The van der Waals surface area contributed by atoms with Gasteiger partial charge in [-0.2, -0.15) is 0 Å². The molecule has 2 heteroatoms. The van der Waals surface area contributed by atoms with Gasteiger partial charge in [0.05, 0.1) is 0 Å². The average molecular weight is 236 g/mol. The summed E-state index contributed by atoms with van der Waals surface area (Å²) in [5.41, 5.74) is 1.42. The zero-order chi connectivity index (χ0) is 12.3. The van der Waals surface area contributed by atoms with Gasteiger partial charge in [-0.1, -0.05) is 13.8 Å². The van der Waals surface area contributed by atoms with E-state index in [-0.39, 0.29) is 0 Å². The lowest BCUT2D eigenvalue weighted by molar-refractivity contribution is -0.155. The summed E-state index contributed by atoms with van der Waals surface area (Å²) < 4.78 is 0. The van der Waals surface area contributed by atoms with Crippen molar-refractivity contribution in [2.24, 2.45) is 22.2 Å². The van der Waals surface area contributed by atoms with E-state index in [9.17, 15) is 4.79 Å². The maximum Gasteiger partial charge on any atom is 0.303 e. The minimum absolute atomic E-state index is 0.374. The van der Waals surface area contributed by atoms with E-state index in [4.69, 9.17) is 5.11 Å². The van der Waals surface area contributed by atoms with Gasteiger partial charge in [-0.3, -0.25) is 4.79 Å². The van der Waals surface area contributed by atoms with Crippen molar-refractivity contribution in [3.8, 4) is 0 Å². The highest BCUT2D eigenvalue weighted by molar-refractivity contribution is 5.66. The number of aliphatic carboxylic acids is 1. The number of carbonyl (C=O) groups is 1. The van der Waals surface area contributed by atoms with E-state index in [1.165, 1.54) is 38.5 Å². The highest BCUT2D eigenvalue weighted by Crippen LogP contribution is 2.70. The molecule has 0 radical (unpaired) electrons. The minimum atomic E-state index is -0.615. The van der Waals surface area contributed by atoms with Gasteiger partial charge in [0.15, 0.2) is 0 Å². The van der Waals surface area contributed by atoms with E-state index in [0.29, 0.717) is 22.7 Å². The minimum Gasteiger partial charge on any atom is -0.481 e. The Morgan fingerprint density at radius 2 is 1.71 bits per heavy atom. The van der Waals surface area contributed by atoms with Crippen molar-refractivity contribution in [2.75, 3.05) is 0 Å². The van der Waals surface area contributed by atoms with Crippen molar-refractivity contribution in [3.63, 3.8) is 0 Å². The summed E-state index contributed by atoms with van der Waals surface area (Å²) in [4.78, 5) is 10.9. The van der Waals surface area contributed by atoms with Gasteiger partial charge in [0, 0.05) is 6.42 Å². The molecule has 1 N–H and O–H groups in total. The van der Waals surface area contributed by atoms with Gasteiger partial charge in [-0.05, 0) is 67.1 Å². The number of carboxylic acid groups (broad SMARTS) is 1. The van der Waals surface area contributed by atoms with Crippen molar-refractivity contribution in [2.45, 2.75) is 65.2 Å². The standard InChI is InChI=1S/C15H24O2/c1-13-5-11-6-14(2,8-13)10-15(7-11,9-13)4-3-12(16)17/h11H,3-10H2,1-2H3,(H,16,17). The fourth-order valence-electron chi connectivity index (χ4n) is 6.34. The Labute approximate surface area is 104 Å². The molecule has 17 heavy (non-hydrogen) atoms. The van der Waals surface area contributed by atoms with Gasteiger partial charge in [0.1, 0.15) is 0 Å². The number of carboxylic acids is 1. The first-order valence-corrected chi connectivity index (χ1v) is 7.04. The Bertz CT molecular complexity index is 342. The topological polar surface area (TPSA) is 37.3 Å². The molecule has 96 valence electrons. The third-order valence-electron chi connectivity index (χ3n) is 5.61. The predicted molar refractivity (Wildman–Crippen MR) is 66.7 cm³/mol. The second kappa shape index (κ2) is 3.27. The molecular weight excluding hydrogens is 212 g/mol. The summed E-state index contributed by atoms with van der Waals surface area (Å²) in [5.74, 6) is 0.270. The number of rotatable bonds is 3. The third-order valence-corrected chi connectivity index (χ3v) is 5.61. The second-order valence-electron chi connectivity index (χ2n) is 8.02. The van der Waals surface area contributed by atoms with Gasteiger partial charge in [-0.25, -0.2) is 0 Å². The first-order chi connectivity index (χ1) is 7.82. The maximum absolute atomic E-state index is 10.9. The molecule has 0 heterocycles. The molecule has 0 aromatic rings. The van der Waals surface area contributed by atoms with Crippen LogP contribution >= 0.6 is 0 Å². The monoisotopic (exact) mass is 236 g/mol. The van der Waals surface area contributed by atoms with Crippen LogP contribution in [-0.4, -0.2) is 11.1 Å². The summed E-state index contributed by atoms with van der Waals surface area (Å²) in [7, 11) is 0. The third kappa shape index (κ3) is 1.90. The van der Waals surface area contributed by atoms with E-state index < -0.39 is 5.97 Å². The second-order valence-corrected chi connectivity index (χ2v) is 8.02. The molecule has 0 spiro atoms. The Hall–Kier alpha value is -0.530. The molecule has 4 bridgehead atoms. The maximum atomic E-state index is 10.9. The Kier molecular flexibility index (Phi) is 2.22. The van der Waals surface area contributed by atoms with Crippen LogP contribution < -0.4 is 0 Å². The number of hydrogen-bond acceptors (Lipinski definition) is 1. The molecule has 0 aliphatic heterocycles. The molecule has 4 aliphatic carbocycles. The quantitative estimate of drug-likeness (QED) is 0.808. The molecule has 0 saturated heterocycles. The molecular formula is C15H24O2. The van der Waals surface area contributed by atoms with Crippen molar-refractivity contribution in [1.29, 1.82) is 0 Å². The highest BCUT2D eigenvalue weighted by Gasteiger charge is 2.59. The van der Waals surface area contributed by atoms with Gasteiger partial charge < -0.3 is 5.11 Å². The summed E-state index contributed by atoms with van der Waals surface area (Å²) in [6.07, 6.45) is 9.37. The summed E-state index contributed by atoms with van der Waals surface area (Å²) >= 11 is 0. The lowest BCUT2D eigenvalue weighted by Crippen LogP contribution is -2.55. The Morgan fingerprint density at radius 1 is 1.12 bits per heavy atom. The van der Waals surface area contributed by atoms with Gasteiger partial charge in [-0.15, -0.1) is 0 Å². The van der Waals surface area contributed by atoms with E-state index in [1.807, 2.05) is 0 Å². The predicted octanol–water partition coefficient (Wildman–Crippen LogP) is 3.85. The van der Waals surface area contributed by atoms with Crippen LogP contribution in [0.15, 0.2) is 0 Å². The number of hydrogen-bond donors (Lipinski definition) is 1. The average Bonchev–Trinajstić information content (AvgIpc) is 2.08. The van der Waals surface area contributed by atoms with E-state index in [0.717, 1.165) is 12.3 Å². The molecule has 0 aromatic heterocycles. The highest BCUT2D eigenvalue weighted by atomic mass is 16.4. The van der Waals surface area contributed by atoms with Crippen molar-refractivity contribution in [3.05, 3.63) is 0 Å². The zero-order valence-electron chi connectivity index (χ0n) is 11.1. The van der Waals surface area contributed by atoms with Crippen LogP contribution in [0, 0.1) is 22.2 Å². The molecule has 2 nitrogen and oxygen atoms in total. The molecule has 2 unspecified atom stereocenters. The normalized spacial score (nSPS) is 51.8. The molecule has 2 atom stereocenters. The largest absolute Gasteiger partial charge is 0.481 e. The van der Waals surface area contributed by atoms with Crippen LogP contribution in [-0.2, 0) is 4.79 Å². The van der Waals surface area contributed by atoms with E-state index in [1.54, 1.807) is 0 Å². The van der Waals surface area contributed by atoms with E-state index in [2.05, 4.69) is 13.8 Å². The van der Waals surface area contributed by atoms with Gasteiger partial charge >= 0.3 is 5.97 Å². The lowest BCUT2D eigenvalue weighted by atomic mass is 9.40. The molecule has 4 saturated carbocycles. The first-order valence-electron chi connectivity index (χ1n) is 7.04. The van der Waals surface area contributed by atoms with Gasteiger partial charge in [0.25, 0.3) is 0 Å². The van der Waals surface area contributed by atoms with Crippen LogP contribution in [0.4, 0.5) is 0 Å². The molecule has 4 rings (SSSR count). The summed E-state index contributed by atoms with van der Waals surface area (Å²) in [6, 6.07) is 0. The molecule has 4 fully saturated rings. The molecule has 0 amide bonds. The van der Waals surface area contributed by atoms with Crippen molar-refractivity contribution < 1.29 is 9.90 Å². The van der Waals surface area contributed by atoms with Gasteiger partial charge in [0.2, 0.25) is 0 Å². The van der Waals surface area contributed by atoms with Crippen molar-refractivity contribution in [1.82, 2.24) is 0 Å². The summed E-state index contributed by atoms with van der Waals surface area (Å²) in [6.45, 7) is 4.90. The fraction of sp³-hybridized carbons (Fsp3) is 0.933. The summed E-state index contributed by atoms with van der Waals surface area (Å²) in [5, 5.41) is 8.94.